The largest absolute Gasteiger partial charge is 0.508 e. The molecule has 126 valence electrons. The standard InChI is InChI=1S/C18H30O4/c1-2-3-4-5-6-7-8-9-10-11-12-13-15(19)17-16(20)14-22-18(17)21/h20H,2-14H2,1H3. The highest BCUT2D eigenvalue weighted by Crippen LogP contribution is 2.18. The van der Waals surface area contributed by atoms with Gasteiger partial charge in [-0.3, -0.25) is 4.79 Å². The van der Waals surface area contributed by atoms with Crippen molar-refractivity contribution in [2.75, 3.05) is 6.61 Å². The monoisotopic (exact) mass is 310 g/mol. The first-order valence-corrected chi connectivity index (χ1v) is 8.79. The molecule has 0 unspecified atom stereocenters. The molecule has 22 heavy (non-hydrogen) atoms. The van der Waals surface area contributed by atoms with E-state index in [1.165, 1.54) is 51.4 Å². The van der Waals surface area contributed by atoms with Crippen LogP contribution in [0.1, 0.15) is 84.0 Å². The van der Waals surface area contributed by atoms with Crippen molar-refractivity contribution in [1.29, 1.82) is 0 Å². The van der Waals surface area contributed by atoms with E-state index in [0.717, 1.165) is 19.3 Å². The number of aliphatic hydroxyl groups excluding tert-OH is 1. The number of esters is 1. The second-order valence-corrected chi connectivity index (χ2v) is 6.11. The van der Waals surface area contributed by atoms with E-state index < -0.39 is 5.97 Å². The predicted molar refractivity (Wildman–Crippen MR) is 86.7 cm³/mol. The average Bonchev–Trinajstić information content (AvgIpc) is 2.83. The van der Waals surface area contributed by atoms with Crippen molar-refractivity contribution in [3.8, 4) is 0 Å². The lowest BCUT2D eigenvalue weighted by Gasteiger charge is -2.03. The molecular formula is C18H30O4. The summed E-state index contributed by atoms with van der Waals surface area (Å²) in [5, 5.41) is 9.42. The zero-order valence-electron chi connectivity index (χ0n) is 13.9. The summed E-state index contributed by atoms with van der Waals surface area (Å²) in [4.78, 5) is 23.1. The number of ether oxygens (including phenoxy) is 1. The van der Waals surface area contributed by atoms with Crippen molar-refractivity contribution in [2.24, 2.45) is 0 Å². The van der Waals surface area contributed by atoms with E-state index >= 15 is 0 Å². The molecule has 0 fully saturated rings. The van der Waals surface area contributed by atoms with Gasteiger partial charge in [0.1, 0.15) is 17.9 Å². The summed E-state index contributed by atoms with van der Waals surface area (Å²) in [6.45, 7) is 2.08. The molecule has 0 saturated carbocycles. The molecule has 4 heteroatoms. The molecule has 1 heterocycles. The van der Waals surface area contributed by atoms with Crippen LogP contribution in [0.4, 0.5) is 0 Å². The van der Waals surface area contributed by atoms with Gasteiger partial charge >= 0.3 is 5.97 Å². The van der Waals surface area contributed by atoms with Gasteiger partial charge in [0, 0.05) is 6.42 Å². The topological polar surface area (TPSA) is 63.6 Å². The highest BCUT2D eigenvalue weighted by Gasteiger charge is 2.29. The van der Waals surface area contributed by atoms with Gasteiger partial charge < -0.3 is 9.84 Å². The summed E-state index contributed by atoms with van der Waals surface area (Å²) in [5.41, 5.74) is -0.132. The molecule has 1 N–H and O–H groups in total. The summed E-state index contributed by atoms with van der Waals surface area (Å²) >= 11 is 0. The zero-order chi connectivity index (χ0) is 16.2. The number of aliphatic hydroxyl groups is 1. The van der Waals surface area contributed by atoms with E-state index in [0.29, 0.717) is 6.42 Å². The second-order valence-electron chi connectivity index (χ2n) is 6.11. The molecule has 0 aromatic carbocycles. The Morgan fingerprint density at radius 2 is 1.45 bits per heavy atom. The van der Waals surface area contributed by atoms with Crippen molar-refractivity contribution >= 4 is 11.8 Å². The molecule has 4 nitrogen and oxygen atoms in total. The third-order valence-corrected chi connectivity index (χ3v) is 4.12. The number of cyclic esters (lactones) is 1. The second kappa shape index (κ2) is 11.3. The molecule has 1 aliphatic rings. The molecule has 0 spiro atoms. The normalized spacial score (nSPS) is 14.5. The Morgan fingerprint density at radius 1 is 0.955 bits per heavy atom. The van der Waals surface area contributed by atoms with Crippen LogP contribution in [0.25, 0.3) is 0 Å². The minimum absolute atomic E-state index is 0.132. The summed E-state index contributed by atoms with van der Waals surface area (Å²) in [5.74, 6) is -1.17. The Balaban J connectivity index is 1.94. The molecular weight excluding hydrogens is 280 g/mol. The van der Waals surface area contributed by atoms with Crippen LogP contribution in [-0.2, 0) is 14.3 Å². The Kier molecular flexibility index (Phi) is 9.60. The lowest BCUT2D eigenvalue weighted by atomic mass is 10.0. The summed E-state index contributed by atoms with van der Waals surface area (Å²) in [7, 11) is 0. The van der Waals surface area contributed by atoms with Gasteiger partial charge in [-0.15, -0.1) is 0 Å². The van der Waals surface area contributed by atoms with Crippen LogP contribution < -0.4 is 0 Å². The number of unbranched alkanes of at least 4 members (excludes halogenated alkanes) is 10. The van der Waals surface area contributed by atoms with Crippen molar-refractivity contribution in [2.45, 2.75) is 84.0 Å². The van der Waals surface area contributed by atoms with Gasteiger partial charge in [-0.1, -0.05) is 71.1 Å². The first kappa shape index (κ1) is 18.7. The number of rotatable bonds is 13. The maximum atomic E-state index is 11.8. The fourth-order valence-electron chi connectivity index (χ4n) is 2.75. The highest BCUT2D eigenvalue weighted by atomic mass is 16.5. The maximum absolute atomic E-state index is 11.8. The lowest BCUT2D eigenvalue weighted by Crippen LogP contribution is -2.10. The Labute approximate surface area is 133 Å². The van der Waals surface area contributed by atoms with E-state index in [9.17, 15) is 14.7 Å². The van der Waals surface area contributed by atoms with E-state index in [1.807, 2.05) is 0 Å². The Bertz CT molecular complexity index is 385. The number of hydrogen-bond donors (Lipinski definition) is 1. The molecule has 0 aromatic heterocycles. The summed E-state index contributed by atoms with van der Waals surface area (Å²) in [6.07, 6.45) is 13.8. The van der Waals surface area contributed by atoms with Crippen molar-refractivity contribution in [3.63, 3.8) is 0 Å². The third-order valence-electron chi connectivity index (χ3n) is 4.12. The molecule has 1 rings (SSSR count). The fourth-order valence-corrected chi connectivity index (χ4v) is 2.75. The smallest absolute Gasteiger partial charge is 0.345 e. The molecule has 0 bridgehead atoms. The summed E-state index contributed by atoms with van der Waals surface area (Å²) in [6, 6.07) is 0. The number of carbonyl (C=O) groups excluding carboxylic acids is 2. The Hall–Kier alpha value is -1.32. The number of ketones is 1. The lowest BCUT2D eigenvalue weighted by molar-refractivity contribution is -0.137. The minimum atomic E-state index is -0.675. The Morgan fingerprint density at radius 3 is 1.91 bits per heavy atom. The van der Waals surface area contributed by atoms with Crippen LogP contribution in [0.2, 0.25) is 0 Å². The van der Waals surface area contributed by atoms with E-state index in [4.69, 9.17) is 0 Å². The molecule has 1 aliphatic heterocycles. The van der Waals surface area contributed by atoms with Crippen LogP contribution in [0, 0.1) is 0 Å². The molecule has 0 saturated heterocycles. The molecule has 0 amide bonds. The fraction of sp³-hybridized carbons (Fsp3) is 0.778. The van der Waals surface area contributed by atoms with E-state index in [-0.39, 0.29) is 23.7 Å². The van der Waals surface area contributed by atoms with Crippen molar-refractivity contribution in [3.05, 3.63) is 11.3 Å². The first-order valence-electron chi connectivity index (χ1n) is 8.79. The highest BCUT2D eigenvalue weighted by molar-refractivity contribution is 6.18. The van der Waals surface area contributed by atoms with Gasteiger partial charge in [0.2, 0.25) is 0 Å². The molecule has 0 atom stereocenters. The van der Waals surface area contributed by atoms with Crippen LogP contribution >= 0.6 is 0 Å². The van der Waals surface area contributed by atoms with Crippen LogP contribution in [0.3, 0.4) is 0 Å². The van der Waals surface area contributed by atoms with Crippen LogP contribution in [0.5, 0.6) is 0 Å². The zero-order valence-corrected chi connectivity index (χ0v) is 13.9. The first-order chi connectivity index (χ1) is 10.7. The SMILES string of the molecule is CCCCCCCCCCCCCC(=O)C1=C(O)COC1=O. The van der Waals surface area contributed by atoms with Gasteiger partial charge in [-0.2, -0.15) is 0 Å². The van der Waals surface area contributed by atoms with Crippen molar-refractivity contribution < 1.29 is 19.4 Å². The van der Waals surface area contributed by atoms with Gasteiger partial charge in [0.05, 0.1) is 0 Å². The van der Waals surface area contributed by atoms with Crippen LogP contribution in [-0.4, -0.2) is 23.5 Å². The van der Waals surface area contributed by atoms with Gasteiger partial charge in [-0.05, 0) is 6.42 Å². The predicted octanol–water partition coefficient (Wildman–Crippen LogP) is 4.63. The number of carbonyl (C=O) groups is 2. The van der Waals surface area contributed by atoms with Crippen LogP contribution in [0.15, 0.2) is 11.3 Å². The van der Waals surface area contributed by atoms with Gasteiger partial charge in [0.15, 0.2) is 5.78 Å². The number of hydrogen-bond acceptors (Lipinski definition) is 4. The van der Waals surface area contributed by atoms with Gasteiger partial charge in [-0.25, -0.2) is 4.79 Å². The quantitative estimate of drug-likeness (QED) is 0.306. The van der Waals surface area contributed by atoms with Gasteiger partial charge in [0.25, 0.3) is 0 Å². The molecule has 0 aromatic rings. The molecule has 0 aliphatic carbocycles. The third kappa shape index (κ3) is 7.10. The maximum Gasteiger partial charge on any atom is 0.345 e. The average molecular weight is 310 g/mol. The summed E-state index contributed by atoms with van der Waals surface area (Å²) < 4.78 is 4.62. The van der Waals surface area contributed by atoms with Crippen molar-refractivity contribution in [1.82, 2.24) is 0 Å². The van der Waals surface area contributed by atoms with E-state index in [1.54, 1.807) is 0 Å². The molecule has 0 radical (unpaired) electrons. The van der Waals surface area contributed by atoms with E-state index in [2.05, 4.69) is 11.7 Å². The minimum Gasteiger partial charge on any atom is -0.508 e. The number of Topliss-reactive ketones (excluding diaryl/α,β-unsaturated/α-hetero) is 1.